The number of benzene rings is 3. The van der Waals surface area contributed by atoms with Crippen LogP contribution in [0.2, 0.25) is 0 Å². The minimum absolute atomic E-state index is 0.0247. The van der Waals surface area contributed by atoms with Gasteiger partial charge in [-0.25, -0.2) is 4.79 Å². The summed E-state index contributed by atoms with van der Waals surface area (Å²) in [6, 6.07) is 19.9. The van der Waals surface area contributed by atoms with E-state index >= 15 is 0 Å². The number of carboxylic acids is 1. The first kappa shape index (κ1) is 23.2. The fourth-order valence-electron chi connectivity index (χ4n) is 5.15. The molecule has 0 saturated heterocycles. The molecule has 174 valence electrons. The minimum Gasteiger partial charge on any atom is -0.478 e. The molecular formula is C25H20BrClN2O4S. The van der Waals surface area contributed by atoms with Gasteiger partial charge < -0.3 is 10.4 Å². The van der Waals surface area contributed by atoms with Crippen molar-refractivity contribution in [3.8, 4) is 0 Å². The highest BCUT2D eigenvalue weighted by atomic mass is 79.9. The van der Waals surface area contributed by atoms with Crippen molar-refractivity contribution in [2.24, 2.45) is 5.92 Å². The molecule has 2 aliphatic rings. The van der Waals surface area contributed by atoms with Crippen molar-refractivity contribution < 1.29 is 14.8 Å². The van der Waals surface area contributed by atoms with Crippen LogP contribution in [0.15, 0.2) is 76.1 Å². The number of carboxylic acid groups (broad SMARTS) is 1. The minimum atomic E-state index is -0.983. The van der Waals surface area contributed by atoms with Crippen LogP contribution in [-0.2, 0) is 0 Å². The van der Waals surface area contributed by atoms with Crippen molar-refractivity contribution in [3.63, 3.8) is 0 Å². The highest BCUT2D eigenvalue weighted by molar-refractivity contribution is 9.10. The first-order valence-corrected chi connectivity index (χ1v) is 12.9. The Bertz CT molecular complexity index is 1290. The number of nitrogens with one attached hydrogen (secondary N) is 1. The molecule has 0 bridgehead atoms. The van der Waals surface area contributed by atoms with E-state index in [1.54, 1.807) is 30.3 Å². The molecule has 1 fully saturated rings. The number of aromatic carboxylic acids is 1. The highest BCUT2D eigenvalue weighted by Gasteiger charge is 2.50. The van der Waals surface area contributed by atoms with Gasteiger partial charge in [-0.05, 0) is 59.9 Å². The molecule has 0 amide bonds. The number of carbonyl (C=O) groups is 1. The second-order valence-electron chi connectivity index (χ2n) is 8.54. The third-order valence-corrected chi connectivity index (χ3v) is 9.21. The Balaban J connectivity index is 1.56. The lowest BCUT2D eigenvalue weighted by molar-refractivity contribution is -0.387. The van der Waals surface area contributed by atoms with E-state index in [-0.39, 0.29) is 44.7 Å². The van der Waals surface area contributed by atoms with E-state index < -0.39 is 5.97 Å². The number of rotatable bonds is 5. The van der Waals surface area contributed by atoms with Crippen LogP contribution >= 0.6 is 39.3 Å². The average molecular weight is 560 g/mol. The zero-order valence-corrected chi connectivity index (χ0v) is 20.9. The fraction of sp³-hybridized carbons (Fsp3) is 0.240. The van der Waals surface area contributed by atoms with Gasteiger partial charge in [0.2, 0.25) is 0 Å². The number of halogens is 2. The van der Waals surface area contributed by atoms with E-state index in [0.717, 1.165) is 27.7 Å². The van der Waals surface area contributed by atoms with E-state index in [2.05, 4.69) is 33.4 Å². The lowest BCUT2D eigenvalue weighted by Gasteiger charge is -2.38. The Morgan fingerprint density at radius 1 is 1.15 bits per heavy atom. The number of alkyl halides is 1. The molecule has 5 rings (SSSR count). The second kappa shape index (κ2) is 9.24. The molecule has 2 N–H and O–H groups in total. The lowest BCUT2D eigenvalue weighted by atomic mass is 9.77. The predicted octanol–water partition coefficient (Wildman–Crippen LogP) is 7.09. The van der Waals surface area contributed by atoms with E-state index in [9.17, 15) is 20.0 Å². The molecule has 0 unspecified atom stereocenters. The van der Waals surface area contributed by atoms with Gasteiger partial charge in [0, 0.05) is 27.4 Å². The number of hydrogen-bond donors (Lipinski definition) is 2. The molecule has 0 spiro atoms. The van der Waals surface area contributed by atoms with Crippen LogP contribution in [-0.4, -0.2) is 26.6 Å². The van der Waals surface area contributed by atoms with Gasteiger partial charge in [0.25, 0.3) is 5.69 Å². The van der Waals surface area contributed by atoms with E-state index in [1.165, 1.54) is 17.8 Å². The van der Waals surface area contributed by atoms with Gasteiger partial charge in [0.1, 0.15) is 0 Å². The van der Waals surface area contributed by atoms with E-state index in [1.807, 2.05) is 18.2 Å². The molecule has 9 heteroatoms. The van der Waals surface area contributed by atoms with Gasteiger partial charge in [-0.15, -0.1) is 23.4 Å². The first-order chi connectivity index (χ1) is 16.3. The number of thioether (sulfide) groups is 1. The van der Waals surface area contributed by atoms with Gasteiger partial charge in [-0.3, -0.25) is 10.1 Å². The summed E-state index contributed by atoms with van der Waals surface area (Å²) in [7, 11) is 0. The average Bonchev–Trinajstić information content (AvgIpc) is 3.14. The normalized spacial score (nSPS) is 25.2. The summed E-state index contributed by atoms with van der Waals surface area (Å²) in [6.07, 6.45) is 0.733. The number of fused-ring (bicyclic) bond motifs is 3. The Morgan fingerprint density at radius 3 is 2.68 bits per heavy atom. The van der Waals surface area contributed by atoms with E-state index in [4.69, 9.17) is 11.6 Å². The molecule has 34 heavy (non-hydrogen) atoms. The predicted molar refractivity (Wildman–Crippen MR) is 137 cm³/mol. The number of anilines is 1. The number of hydrogen-bond acceptors (Lipinski definition) is 5. The largest absolute Gasteiger partial charge is 0.478 e. The van der Waals surface area contributed by atoms with Crippen molar-refractivity contribution in [1.29, 1.82) is 0 Å². The standard InChI is InChI=1S/C25H20BrClN2O4S/c26-15-5-3-4-13(10-15)24-17-12-21(34-20-7-2-1-6-19(20)29(32)33)23(27)22(17)16-11-14(25(30)31)8-9-18(16)28-24/h1-11,17,21-24,28H,12H2,(H,30,31)/t17-,21+,22-,23+,24+/m0/s1. The molecule has 6 nitrogen and oxygen atoms in total. The van der Waals surface area contributed by atoms with Gasteiger partial charge >= 0.3 is 5.97 Å². The van der Waals surface area contributed by atoms with Crippen LogP contribution in [0.1, 0.15) is 39.9 Å². The summed E-state index contributed by atoms with van der Waals surface area (Å²) in [5.74, 6) is -0.988. The summed E-state index contributed by atoms with van der Waals surface area (Å²) < 4.78 is 0.974. The SMILES string of the molecule is O=C(O)c1ccc2c(c1)[C@@H]1[C@H](Cl)[C@H](Sc3ccccc3[N+](=O)[O-])C[C@@H]1[C@@H](c1cccc(Br)c1)N2. The molecule has 0 aromatic heterocycles. The topological polar surface area (TPSA) is 92.5 Å². The number of nitrogens with zero attached hydrogens (tertiary/aromatic N) is 1. The number of para-hydroxylation sites is 1. The number of nitro groups is 1. The second-order valence-corrected chi connectivity index (χ2v) is 11.2. The van der Waals surface area contributed by atoms with Crippen LogP contribution in [0, 0.1) is 16.0 Å². The first-order valence-electron chi connectivity index (χ1n) is 10.8. The van der Waals surface area contributed by atoms with Crippen molar-refractivity contribution in [2.45, 2.75) is 33.9 Å². The molecule has 0 radical (unpaired) electrons. The Hall–Kier alpha value is -2.55. The molecule has 1 heterocycles. The molecule has 1 aliphatic heterocycles. The molecule has 1 aliphatic carbocycles. The highest BCUT2D eigenvalue weighted by Crippen LogP contribution is 2.58. The third kappa shape index (κ3) is 4.19. The fourth-order valence-corrected chi connectivity index (χ4v) is 7.51. The van der Waals surface area contributed by atoms with Crippen LogP contribution in [0.25, 0.3) is 0 Å². The smallest absolute Gasteiger partial charge is 0.335 e. The van der Waals surface area contributed by atoms with Gasteiger partial charge in [0.15, 0.2) is 0 Å². The molecule has 5 atom stereocenters. The monoisotopic (exact) mass is 558 g/mol. The zero-order valence-electron chi connectivity index (χ0n) is 17.7. The summed E-state index contributed by atoms with van der Waals surface area (Å²) in [5.41, 5.74) is 3.16. The Labute approximate surface area is 214 Å². The van der Waals surface area contributed by atoms with Gasteiger partial charge in [0.05, 0.1) is 26.8 Å². The summed E-state index contributed by atoms with van der Waals surface area (Å²) in [6.45, 7) is 0. The number of nitro benzene ring substituents is 1. The molecular weight excluding hydrogens is 540 g/mol. The quantitative estimate of drug-likeness (QED) is 0.197. The van der Waals surface area contributed by atoms with E-state index in [0.29, 0.717) is 4.90 Å². The molecule has 3 aromatic carbocycles. The zero-order chi connectivity index (χ0) is 24.0. The maximum Gasteiger partial charge on any atom is 0.335 e. The van der Waals surface area contributed by atoms with Crippen molar-refractivity contribution in [1.82, 2.24) is 0 Å². The Morgan fingerprint density at radius 2 is 1.94 bits per heavy atom. The van der Waals surface area contributed by atoms with Crippen LogP contribution in [0.5, 0.6) is 0 Å². The van der Waals surface area contributed by atoms with Gasteiger partial charge in [-0.2, -0.15) is 0 Å². The Kier molecular flexibility index (Phi) is 6.31. The summed E-state index contributed by atoms with van der Waals surface area (Å²) in [5, 5.41) is 24.3. The summed E-state index contributed by atoms with van der Waals surface area (Å²) >= 11 is 12.1. The van der Waals surface area contributed by atoms with Gasteiger partial charge in [-0.1, -0.05) is 40.2 Å². The van der Waals surface area contributed by atoms with Crippen LogP contribution in [0.4, 0.5) is 11.4 Å². The third-order valence-electron chi connectivity index (χ3n) is 6.61. The van der Waals surface area contributed by atoms with Crippen molar-refractivity contribution in [2.75, 3.05) is 5.32 Å². The maximum atomic E-state index is 11.7. The molecule has 3 aromatic rings. The van der Waals surface area contributed by atoms with Crippen LogP contribution in [0.3, 0.4) is 0 Å². The maximum absolute atomic E-state index is 11.7. The van der Waals surface area contributed by atoms with Crippen molar-refractivity contribution in [3.05, 3.63) is 98.0 Å². The summed E-state index contributed by atoms with van der Waals surface area (Å²) in [4.78, 5) is 23.4. The molecule has 1 saturated carbocycles. The van der Waals surface area contributed by atoms with Crippen LogP contribution < -0.4 is 5.32 Å². The van der Waals surface area contributed by atoms with Crippen molar-refractivity contribution >= 4 is 56.6 Å². The lowest BCUT2D eigenvalue weighted by Crippen LogP contribution is -2.31.